The average Bonchev–Trinajstić information content (AvgIpc) is 2.70. The van der Waals surface area contributed by atoms with Crippen LogP contribution in [0, 0.1) is 11.8 Å². The van der Waals surface area contributed by atoms with Crippen molar-refractivity contribution in [3.63, 3.8) is 0 Å². The fraction of sp³-hybridized carbons (Fsp3) is 0.571. The van der Waals surface area contributed by atoms with Gasteiger partial charge in [0.15, 0.2) is 6.10 Å². The summed E-state index contributed by atoms with van der Waals surface area (Å²) in [5.41, 5.74) is 1.07. The first-order valence-electron chi connectivity index (χ1n) is 9.52. The van der Waals surface area contributed by atoms with E-state index in [1.165, 1.54) is 0 Å². The van der Waals surface area contributed by atoms with E-state index >= 15 is 0 Å². The van der Waals surface area contributed by atoms with Crippen molar-refractivity contribution < 1.29 is 28.6 Å². The maximum absolute atomic E-state index is 12.7. The summed E-state index contributed by atoms with van der Waals surface area (Å²) < 4.78 is 16.4. The third kappa shape index (κ3) is 6.08. The molecule has 2 rings (SSSR count). The van der Waals surface area contributed by atoms with Crippen molar-refractivity contribution in [1.82, 2.24) is 0 Å². The van der Waals surface area contributed by atoms with Crippen LogP contribution in [0.3, 0.4) is 0 Å². The highest BCUT2D eigenvalue weighted by molar-refractivity contribution is 5.77. The van der Waals surface area contributed by atoms with Gasteiger partial charge in [0, 0.05) is 0 Å². The number of carbonyl (C=O) groups excluding carboxylic acids is 3. The van der Waals surface area contributed by atoms with Gasteiger partial charge in [0.2, 0.25) is 0 Å². The lowest BCUT2D eigenvalue weighted by Crippen LogP contribution is -2.44. The van der Waals surface area contributed by atoms with E-state index in [0.29, 0.717) is 19.3 Å². The van der Waals surface area contributed by atoms with Gasteiger partial charge in [-0.2, -0.15) is 0 Å². The van der Waals surface area contributed by atoms with Crippen LogP contribution in [0.4, 0.5) is 0 Å². The Hall–Kier alpha value is -2.37. The maximum atomic E-state index is 12.7. The number of ether oxygens (including phenoxy) is 3. The summed E-state index contributed by atoms with van der Waals surface area (Å²) in [6.45, 7) is 5.26. The largest absolute Gasteiger partial charge is 0.465 e. The standard InChI is InChI=1S/C21H28O6/c1-4-17-19(27-20(23)14(2)3)16(11-10-15-8-6-5-7-9-15)21(24)25-13-12-18(22)26-17/h5-9,14,16-17,19H,4,10-13H2,1-3H3/t16-,17+,19-/m1/s1. The molecule has 6 heteroatoms. The number of hydrogen-bond acceptors (Lipinski definition) is 6. The molecule has 0 amide bonds. The van der Waals surface area contributed by atoms with Crippen LogP contribution in [-0.2, 0) is 35.0 Å². The maximum Gasteiger partial charge on any atom is 0.312 e. The van der Waals surface area contributed by atoms with Gasteiger partial charge in [0.05, 0.1) is 18.3 Å². The Kier molecular flexibility index (Phi) is 7.82. The van der Waals surface area contributed by atoms with Crippen molar-refractivity contribution in [3.8, 4) is 0 Å². The zero-order valence-corrected chi connectivity index (χ0v) is 16.2. The summed E-state index contributed by atoms with van der Waals surface area (Å²) in [5, 5.41) is 0. The number of esters is 3. The van der Waals surface area contributed by atoms with E-state index in [-0.39, 0.29) is 18.9 Å². The lowest BCUT2D eigenvalue weighted by atomic mass is 9.90. The molecule has 1 heterocycles. The molecule has 6 nitrogen and oxygen atoms in total. The molecule has 27 heavy (non-hydrogen) atoms. The van der Waals surface area contributed by atoms with E-state index in [1.807, 2.05) is 37.3 Å². The van der Waals surface area contributed by atoms with E-state index in [4.69, 9.17) is 14.2 Å². The molecular formula is C21H28O6. The molecule has 3 atom stereocenters. The van der Waals surface area contributed by atoms with Gasteiger partial charge >= 0.3 is 17.9 Å². The SMILES string of the molecule is CC[C@@H]1OC(=O)CCOC(=O)[C@H](CCc2ccccc2)[C@H]1OC(=O)C(C)C. The molecule has 1 saturated heterocycles. The van der Waals surface area contributed by atoms with Gasteiger partial charge < -0.3 is 14.2 Å². The zero-order valence-electron chi connectivity index (χ0n) is 16.2. The molecule has 1 fully saturated rings. The molecule has 1 aromatic rings. The molecule has 0 aliphatic carbocycles. The minimum atomic E-state index is -0.858. The minimum absolute atomic E-state index is 0.00150. The molecule has 0 bridgehead atoms. The van der Waals surface area contributed by atoms with Gasteiger partial charge in [-0.1, -0.05) is 51.1 Å². The summed E-state index contributed by atoms with van der Waals surface area (Å²) in [4.78, 5) is 36.9. The molecule has 148 valence electrons. The van der Waals surface area contributed by atoms with Gasteiger partial charge in [-0.25, -0.2) is 0 Å². The van der Waals surface area contributed by atoms with Gasteiger partial charge in [-0.05, 0) is 24.8 Å². The van der Waals surface area contributed by atoms with E-state index < -0.39 is 36.0 Å². The normalized spacial score (nSPS) is 23.6. The van der Waals surface area contributed by atoms with Crippen LogP contribution in [0.25, 0.3) is 0 Å². The minimum Gasteiger partial charge on any atom is -0.465 e. The molecule has 1 aromatic carbocycles. The quantitative estimate of drug-likeness (QED) is 0.561. The summed E-state index contributed by atoms with van der Waals surface area (Å²) in [7, 11) is 0. The smallest absolute Gasteiger partial charge is 0.312 e. The lowest BCUT2D eigenvalue weighted by molar-refractivity contribution is -0.178. The Morgan fingerprint density at radius 2 is 1.93 bits per heavy atom. The van der Waals surface area contributed by atoms with Crippen LogP contribution in [0.15, 0.2) is 30.3 Å². The highest BCUT2D eigenvalue weighted by Crippen LogP contribution is 2.26. The summed E-state index contributed by atoms with van der Waals surface area (Å²) in [6, 6.07) is 9.75. The molecule has 1 aliphatic rings. The van der Waals surface area contributed by atoms with Crippen molar-refractivity contribution >= 4 is 17.9 Å². The average molecular weight is 376 g/mol. The molecule has 0 unspecified atom stereocenters. The van der Waals surface area contributed by atoms with E-state index in [0.717, 1.165) is 5.56 Å². The first kappa shape index (κ1) is 20.9. The Labute approximate surface area is 160 Å². The molecule has 0 aromatic heterocycles. The van der Waals surface area contributed by atoms with Crippen LogP contribution in [0.2, 0.25) is 0 Å². The molecule has 1 aliphatic heterocycles. The predicted octanol–water partition coefficient (Wildman–Crippen LogP) is 3.07. The first-order chi connectivity index (χ1) is 12.9. The van der Waals surface area contributed by atoms with Crippen LogP contribution >= 0.6 is 0 Å². The van der Waals surface area contributed by atoms with Crippen LogP contribution in [0.5, 0.6) is 0 Å². The molecule has 0 radical (unpaired) electrons. The monoisotopic (exact) mass is 376 g/mol. The second-order valence-electron chi connectivity index (χ2n) is 7.04. The Balaban J connectivity index is 2.27. The topological polar surface area (TPSA) is 78.9 Å². The zero-order chi connectivity index (χ0) is 19.8. The number of benzene rings is 1. The lowest BCUT2D eigenvalue weighted by Gasteiger charge is -2.31. The van der Waals surface area contributed by atoms with E-state index in [2.05, 4.69) is 0 Å². The Morgan fingerprint density at radius 3 is 2.56 bits per heavy atom. The third-order valence-corrected chi connectivity index (χ3v) is 4.61. The second kappa shape index (κ2) is 10.1. The first-order valence-corrected chi connectivity index (χ1v) is 9.52. The molecule has 0 saturated carbocycles. The molecular weight excluding hydrogens is 348 g/mol. The number of carbonyl (C=O) groups is 3. The Morgan fingerprint density at radius 1 is 1.22 bits per heavy atom. The van der Waals surface area contributed by atoms with Crippen LogP contribution in [-0.4, -0.2) is 36.7 Å². The van der Waals surface area contributed by atoms with Gasteiger partial charge in [-0.3, -0.25) is 14.4 Å². The number of cyclic esters (lactones) is 2. The Bertz CT molecular complexity index is 639. The van der Waals surface area contributed by atoms with Gasteiger partial charge in [0.25, 0.3) is 0 Å². The highest BCUT2D eigenvalue weighted by atomic mass is 16.6. The highest BCUT2D eigenvalue weighted by Gasteiger charge is 2.40. The summed E-state index contributed by atoms with van der Waals surface area (Å²) >= 11 is 0. The predicted molar refractivity (Wildman–Crippen MR) is 98.7 cm³/mol. The van der Waals surface area contributed by atoms with Crippen molar-refractivity contribution in [1.29, 1.82) is 0 Å². The molecule has 0 N–H and O–H groups in total. The van der Waals surface area contributed by atoms with Gasteiger partial charge in [-0.15, -0.1) is 0 Å². The molecule has 0 spiro atoms. The van der Waals surface area contributed by atoms with Crippen molar-refractivity contribution in [2.75, 3.05) is 6.61 Å². The van der Waals surface area contributed by atoms with Crippen molar-refractivity contribution in [2.24, 2.45) is 11.8 Å². The number of rotatable bonds is 6. The van der Waals surface area contributed by atoms with Gasteiger partial charge in [0.1, 0.15) is 12.7 Å². The third-order valence-electron chi connectivity index (χ3n) is 4.61. The summed E-state index contributed by atoms with van der Waals surface area (Å²) in [6.07, 6.45) is -0.0296. The number of aryl methyl sites for hydroxylation is 1. The van der Waals surface area contributed by atoms with Crippen molar-refractivity contribution in [2.45, 2.75) is 58.7 Å². The van der Waals surface area contributed by atoms with Crippen molar-refractivity contribution in [3.05, 3.63) is 35.9 Å². The number of hydrogen-bond donors (Lipinski definition) is 0. The van der Waals surface area contributed by atoms with Crippen LogP contribution in [0.1, 0.15) is 45.6 Å². The van der Waals surface area contributed by atoms with E-state index in [1.54, 1.807) is 13.8 Å². The fourth-order valence-electron chi connectivity index (χ4n) is 3.02. The van der Waals surface area contributed by atoms with Crippen LogP contribution < -0.4 is 0 Å². The van der Waals surface area contributed by atoms with E-state index in [9.17, 15) is 14.4 Å². The summed E-state index contributed by atoms with van der Waals surface area (Å²) in [5.74, 6) is -2.38. The second-order valence-corrected chi connectivity index (χ2v) is 7.04. The fourth-order valence-corrected chi connectivity index (χ4v) is 3.02.